The summed E-state index contributed by atoms with van der Waals surface area (Å²) in [6.07, 6.45) is -3.25. The maximum atomic E-state index is 12.3. The molecule has 0 fully saturated rings. The molecule has 0 aliphatic rings. The molecule has 0 radical (unpaired) electrons. The number of rotatable bonds is 7. The highest BCUT2D eigenvalue weighted by Crippen LogP contribution is 2.20. The van der Waals surface area contributed by atoms with Gasteiger partial charge < -0.3 is 14.8 Å². The first-order valence-electron chi connectivity index (χ1n) is 7.38. The topological polar surface area (TPSA) is 60.5 Å². The summed E-state index contributed by atoms with van der Waals surface area (Å²) in [4.78, 5) is 15.9. The van der Waals surface area contributed by atoms with Gasteiger partial charge in [0.25, 0.3) is 5.91 Å². The number of carbonyl (C=O) groups is 1. The van der Waals surface area contributed by atoms with Gasteiger partial charge in [-0.25, -0.2) is 4.98 Å². The average Bonchev–Trinajstić information content (AvgIpc) is 2.58. The summed E-state index contributed by atoms with van der Waals surface area (Å²) in [7, 11) is 1.58. The quantitative estimate of drug-likeness (QED) is 0.830. The van der Waals surface area contributed by atoms with Gasteiger partial charge in [-0.15, -0.1) is 0 Å². The SMILES string of the molecule is COCc1cccc(CNC(=O)c2cccnc2OCC(F)(F)F)c1. The van der Waals surface area contributed by atoms with Crippen LogP contribution in [0.4, 0.5) is 13.2 Å². The van der Waals surface area contributed by atoms with Crippen LogP contribution in [0, 0.1) is 0 Å². The van der Waals surface area contributed by atoms with E-state index < -0.39 is 18.7 Å². The number of aromatic nitrogens is 1. The molecule has 0 spiro atoms. The molecule has 1 amide bonds. The maximum absolute atomic E-state index is 12.3. The molecule has 1 aromatic heterocycles. The molecule has 0 aliphatic heterocycles. The van der Waals surface area contributed by atoms with E-state index in [0.29, 0.717) is 6.61 Å². The molecule has 8 heteroatoms. The third-order valence-corrected chi connectivity index (χ3v) is 3.14. The molecule has 25 heavy (non-hydrogen) atoms. The van der Waals surface area contributed by atoms with E-state index in [1.165, 1.54) is 18.3 Å². The number of carbonyl (C=O) groups excluding carboxylic acids is 1. The number of alkyl halides is 3. The lowest BCUT2D eigenvalue weighted by molar-refractivity contribution is -0.154. The summed E-state index contributed by atoms with van der Waals surface area (Å²) in [5.74, 6) is -0.923. The molecule has 0 atom stereocenters. The lowest BCUT2D eigenvalue weighted by atomic mass is 10.1. The zero-order valence-corrected chi connectivity index (χ0v) is 13.5. The van der Waals surface area contributed by atoms with Crippen molar-refractivity contribution in [2.75, 3.05) is 13.7 Å². The van der Waals surface area contributed by atoms with Gasteiger partial charge in [-0.3, -0.25) is 4.79 Å². The van der Waals surface area contributed by atoms with Gasteiger partial charge >= 0.3 is 6.18 Å². The molecule has 2 rings (SSSR count). The van der Waals surface area contributed by atoms with Crippen molar-refractivity contribution in [2.24, 2.45) is 0 Å². The Bertz CT molecular complexity index is 720. The summed E-state index contributed by atoms with van der Waals surface area (Å²) in [6.45, 7) is -0.854. The number of amides is 1. The van der Waals surface area contributed by atoms with Crippen LogP contribution in [-0.4, -0.2) is 30.8 Å². The van der Waals surface area contributed by atoms with Crippen molar-refractivity contribution < 1.29 is 27.4 Å². The molecule has 0 unspecified atom stereocenters. The Hall–Kier alpha value is -2.61. The van der Waals surface area contributed by atoms with Gasteiger partial charge in [0.05, 0.1) is 6.61 Å². The smallest absolute Gasteiger partial charge is 0.422 e. The van der Waals surface area contributed by atoms with E-state index in [1.807, 2.05) is 24.3 Å². The van der Waals surface area contributed by atoms with Crippen LogP contribution in [0.15, 0.2) is 42.6 Å². The van der Waals surface area contributed by atoms with Gasteiger partial charge in [0.15, 0.2) is 6.61 Å². The van der Waals surface area contributed by atoms with Crippen LogP contribution < -0.4 is 10.1 Å². The lowest BCUT2D eigenvalue weighted by Gasteiger charge is -2.12. The molecule has 2 aromatic rings. The minimum atomic E-state index is -4.51. The maximum Gasteiger partial charge on any atom is 0.422 e. The molecular formula is C17H17F3N2O3. The summed E-state index contributed by atoms with van der Waals surface area (Å²) < 4.78 is 46.5. The van der Waals surface area contributed by atoms with Crippen LogP contribution in [-0.2, 0) is 17.9 Å². The van der Waals surface area contributed by atoms with Gasteiger partial charge in [-0.1, -0.05) is 24.3 Å². The van der Waals surface area contributed by atoms with E-state index in [4.69, 9.17) is 4.74 Å². The van der Waals surface area contributed by atoms with Crippen molar-refractivity contribution in [1.82, 2.24) is 10.3 Å². The Kier molecular flexibility index (Phi) is 6.35. The van der Waals surface area contributed by atoms with Crippen molar-refractivity contribution in [2.45, 2.75) is 19.3 Å². The van der Waals surface area contributed by atoms with Crippen LogP contribution in [0.3, 0.4) is 0 Å². The molecule has 1 heterocycles. The Morgan fingerprint density at radius 1 is 1.20 bits per heavy atom. The molecule has 1 N–H and O–H groups in total. The van der Waals surface area contributed by atoms with Crippen molar-refractivity contribution >= 4 is 5.91 Å². The van der Waals surface area contributed by atoms with Crippen LogP contribution in [0.5, 0.6) is 5.88 Å². The minimum Gasteiger partial charge on any atom is -0.467 e. The minimum absolute atomic E-state index is 0.0557. The second-order valence-electron chi connectivity index (χ2n) is 5.20. The fourth-order valence-electron chi connectivity index (χ4n) is 2.10. The van der Waals surface area contributed by atoms with Crippen LogP contribution in [0.1, 0.15) is 21.5 Å². The monoisotopic (exact) mass is 354 g/mol. The molecule has 134 valence electrons. The fraction of sp³-hybridized carbons (Fsp3) is 0.294. The number of nitrogens with one attached hydrogen (secondary N) is 1. The Morgan fingerprint density at radius 3 is 2.68 bits per heavy atom. The average molecular weight is 354 g/mol. The number of ether oxygens (including phenoxy) is 2. The van der Waals surface area contributed by atoms with E-state index in [-0.39, 0.29) is 18.0 Å². The standard InChI is InChI=1S/C17H17F3N2O3/c1-24-10-13-5-2-4-12(8-13)9-22-15(23)14-6-3-7-21-16(14)25-11-17(18,19)20/h2-8H,9-11H2,1H3,(H,22,23). The molecule has 1 aromatic carbocycles. The van der Waals surface area contributed by atoms with Gasteiger partial charge in [0.2, 0.25) is 5.88 Å². The first-order valence-corrected chi connectivity index (χ1v) is 7.38. The van der Waals surface area contributed by atoms with Gasteiger partial charge in [0, 0.05) is 19.9 Å². The number of hydrogen-bond donors (Lipinski definition) is 1. The second kappa shape index (κ2) is 8.48. The van der Waals surface area contributed by atoms with Crippen LogP contribution >= 0.6 is 0 Å². The zero-order valence-electron chi connectivity index (χ0n) is 13.5. The summed E-state index contributed by atoms with van der Waals surface area (Å²) in [5.41, 5.74) is 1.73. The van der Waals surface area contributed by atoms with Gasteiger partial charge in [-0.2, -0.15) is 13.2 Å². The zero-order chi connectivity index (χ0) is 18.3. The number of nitrogens with zero attached hydrogens (tertiary/aromatic N) is 1. The molecule has 5 nitrogen and oxygen atoms in total. The fourth-order valence-corrected chi connectivity index (χ4v) is 2.10. The molecule has 0 saturated carbocycles. The predicted octanol–water partition coefficient (Wildman–Crippen LogP) is 3.10. The van der Waals surface area contributed by atoms with E-state index >= 15 is 0 Å². The third kappa shape index (κ3) is 6.07. The van der Waals surface area contributed by atoms with E-state index in [0.717, 1.165) is 11.1 Å². The highest BCUT2D eigenvalue weighted by Gasteiger charge is 2.29. The summed E-state index contributed by atoms with van der Waals surface area (Å²) in [6, 6.07) is 10.2. The number of halogens is 3. The van der Waals surface area contributed by atoms with Gasteiger partial charge in [0.1, 0.15) is 5.56 Å². The second-order valence-corrected chi connectivity index (χ2v) is 5.20. The number of methoxy groups -OCH3 is 1. The van der Waals surface area contributed by atoms with E-state index in [2.05, 4.69) is 15.0 Å². The lowest BCUT2D eigenvalue weighted by Crippen LogP contribution is -2.25. The summed E-state index contributed by atoms with van der Waals surface area (Å²) >= 11 is 0. The first-order chi connectivity index (χ1) is 11.9. The van der Waals surface area contributed by atoms with Crippen LogP contribution in [0.2, 0.25) is 0 Å². The number of pyridine rings is 1. The van der Waals surface area contributed by atoms with Crippen molar-refractivity contribution in [3.05, 3.63) is 59.3 Å². The first kappa shape index (κ1) is 18.7. The van der Waals surface area contributed by atoms with Crippen LogP contribution in [0.25, 0.3) is 0 Å². The largest absolute Gasteiger partial charge is 0.467 e. The third-order valence-electron chi connectivity index (χ3n) is 3.14. The highest BCUT2D eigenvalue weighted by molar-refractivity contribution is 5.96. The van der Waals surface area contributed by atoms with E-state index in [1.54, 1.807) is 7.11 Å². The summed E-state index contributed by atoms with van der Waals surface area (Å²) in [5, 5.41) is 2.64. The highest BCUT2D eigenvalue weighted by atomic mass is 19.4. The number of benzene rings is 1. The van der Waals surface area contributed by atoms with E-state index in [9.17, 15) is 18.0 Å². The molecular weight excluding hydrogens is 337 g/mol. The Morgan fingerprint density at radius 2 is 1.96 bits per heavy atom. The molecule has 0 aliphatic carbocycles. The Balaban J connectivity index is 2.02. The molecule has 0 bridgehead atoms. The number of hydrogen-bond acceptors (Lipinski definition) is 4. The van der Waals surface area contributed by atoms with Crippen molar-refractivity contribution in [1.29, 1.82) is 0 Å². The normalized spacial score (nSPS) is 11.2. The van der Waals surface area contributed by atoms with Gasteiger partial charge in [-0.05, 0) is 23.3 Å². The van der Waals surface area contributed by atoms with Crippen molar-refractivity contribution in [3.63, 3.8) is 0 Å². The van der Waals surface area contributed by atoms with Crippen molar-refractivity contribution in [3.8, 4) is 5.88 Å². The predicted molar refractivity (Wildman–Crippen MR) is 84.1 cm³/mol. The Labute approximate surface area is 142 Å². The molecule has 0 saturated heterocycles.